The minimum absolute atomic E-state index is 0.0699. The van der Waals surface area contributed by atoms with Gasteiger partial charge in [-0.25, -0.2) is 0 Å². The smallest absolute Gasteiger partial charge is 0.256 e. The molecule has 1 aliphatic heterocycles. The number of carbonyl (C=O) groups excluding carboxylic acids is 1. The maximum atomic E-state index is 13.2. The van der Waals surface area contributed by atoms with E-state index in [1.54, 1.807) is 61.7 Å². The Morgan fingerprint density at radius 3 is 2.24 bits per heavy atom. The molecule has 8 heteroatoms. The van der Waals surface area contributed by atoms with Gasteiger partial charge in [-0.3, -0.25) is 4.79 Å². The van der Waals surface area contributed by atoms with Crippen LogP contribution in [0.5, 0.6) is 5.75 Å². The zero-order chi connectivity index (χ0) is 21.0. The highest BCUT2D eigenvalue weighted by Gasteiger charge is 2.47. The Hall–Kier alpha value is -2.49. The molecule has 2 aromatic rings. The molecule has 0 bridgehead atoms. The monoisotopic (exact) mass is 403 g/mol. The Kier molecular flexibility index (Phi) is 6.83. The molecular weight excluding hydrogens is 378 g/mol. The summed E-state index contributed by atoms with van der Waals surface area (Å²) < 4.78 is 10.8. The molecule has 156 valence electrons. The van der Waals surface area contributed by atoms with Gasteiger partial charge in [-0.05, 0) is 29.8 Å². The molecule has 1 saturated heterocycles. The highest BCUT2D eigenvalue weighted by molar-refractivity contribution is 5.94. The number of ether oxygens (including phenoxy) is 2. The molecule has 0 unspecified atom stereocenters. The first-order chi connectivity index (χ1) is 14.0. The first-order valence-electron chi connectivity index (χ1n) is 9.25. The summed E-state index contributed by atoms with van der Waals surface area (Å²) in [6.07, 6.45) is -7.01. The fourth-order valence-electron chi connectivity index (χ4n) is 3.29. The summed E-state index contributed by atoms with van der Waals surface area (Å²) in [4.78, 5) is 14.5. The summed E-state index contributed by atoms with van der Waals surface area (Å²) in [6.45, 7) is -0.502. The Balaban J connectivity index is 1.93. The molecule has 1 heterocycles. The number of methoxy groups -OCH3 is 1. The van der Waals surface area contributed by atoms with Crippen molar-refractivity contribution in [1.29, 1.82) is 0 Å². The number of aliphatic hydroxyl groups is 4. The molecule has 2 aromatic carbocycles. The molecule has 0 saturated carbocycles. The number of hydrogen-bond acceptors (Lipinski definition) is 7. The van der Waals surface area contributed by atoms with E-state index in [9.17, 15) is 25.2 Å². The van der Waals surface area contributed by atoms with E-state index in [0.717, 1.165) is 5.56 Å². The van der Waals surface area contributed by atoms with E-state index in [-0.39, 0.29) is 6.54 Å². The quantitative estimate of drug-likeness (QED) is 0.542. The standard InChI is InChI=1S/C21H25NO7/c1-28-15-9-7-13(8-10-15)11-22(20(27)14-5-3-2-4-6-14)21-19(26)18(25)17(24)16(12-23)29-21/h2-10,16-19,21,23-26H,11-12H2,1H3/t16-,17+,18+,19-,21-/m1/s1. The van der Waals surface area contributed by atoms with Crippen molar-refractivity contribution in [2.45, 2.75) is 37.2 Å². The van der Waals surface area contributed by atoms with Gasteiger partial charge in [0, 0.05) is 12.1 Å². The third-order valence-corrected chi connectivity index (χ3v) is 4.97. The molecule has 0 aromatic heterocycles. The molecule has 0 aliphatic carbocycles. The van der Waals surface area contributed by atoms with Crippen LogP contribution in [0.25, 0.3) is 0 Å². The predicted octanol–water partition coefficient (Wildman–Crippen LogP) is 0.137. The average molecular weight is 403 g/mol. The zero-order valence-corrected chi connectivity index (χ0v) is 16.0. The van der Waals surface area contributed by atoms with Crippen LogP contribution in [-0.2, 0) is 11.3 Å². The number of nitrogens with zero attached hydrogens (tertiary/aromatic N) is 1. The van der Waals surface area contributed by atoms with E-state index in [0.29, 0.717) is 11.3 Å². The summed E-state index contributed by atoms with van der Waals surface area (Å²) in [7, 11) is 1.55. The van der Waals surface area contributed by atoms with Crippen LogP contribution in [0.4, 0.5) is 0 Å². The number of rotatable bonds is 6. The number of amides is 1. The number of benzene rings is 2. The second-order valence-electron chi connectivity index (χ2n) is 6.87. The molecule has 0 radical (unpaired) electrons. The lowest BCUT2D eigenvalue weighted by Crippen LogP contribution is -2.63. The third kappa shape index (κ3) is 4.58. The molecule has 8 nitrogen and oxygen atoms in total. The van der Waals surface area contributed by atoms with Crippen LogP contribution in [0.1, 0.15) is 15.9 Å². The summed E-state index contributed by atoms with van der Waals surface area (Å²) in [5.41, 5.74) is 1.12. The van der Waals surface area contributed by atoms with Crippen molar-refractivity contribution in [2.75, 3.05) is 13.7 Å². The van der Waals surface area contributed by atoms with Crippen molar-refractivity contribution >= 4 is 5.91 Å². The first kappa shape index (κ1) is 21.2. The lowest BCUT2D eigenvalue weighted by molar-refractivity contribution is -0.258. The molecule has 1 fully saturated rings. The third-order valence-electron chi connectivity index (χ3n) is 4.97. The summed E-state index contributed by atoms with van der Waals surface area (Å²) in [5, 5.41) is 40.2. The maximum absolute atomic E-state index is 13.2. The van der Waals surface area contributed by atoms with Gasteiger partial charge in [0.05, 0.1) is 13.7 Å². The van der Waals surface area contributed by atoms with Gasteiger partial charge in [0.2, 0.25) is 0 Å². The first-order valence-corrected chi connectivity index (χ1v) is 9.25. The van der Waals surface area contributed by atoms with Crippen LogP contribution >= 0.6 is 0 Å². The van der Waals surface area contributed by atoms with Crippen LogP contribution in [0.3, 0.4) is 0 Å². The van der Waals surface area contributed by atoms with Gasteiger partial charge in [0.15, 0.2) is 6.23 Å². The Labute approximate surface area is 168 Å². The average Bonchev–Trinajstić information content (AvgIpc) is 2.77. The topological polar surface area (TPSA) is 120 Å². The zero-order valence-electron chi connectivity index (χ0n) is 16.0. The minimum atomic E-state index is -1.58. The van der Waals surface area contributed by atoms with E-state index in [1.165, 1.54) is 4.90 Å². The molecule has 0 spiro atoms. The van der Waals surface area contributed by atoms with Crippen molar-refractivity contribution in [3.05, 3.63) is 65.7 Å². The minimum Gasteiger partial charge on any atom is -0.497 e. The van der Waals surface area contributed by atoms with Gasteiger partial charge in [0.1, 0.15) is 30.2 Å². The maximum Gasteiger partial charge on any atom is 0.256 e. The number of aliphatic hydroxyl groups excluding tert-OH is 4. The number of hydrogen-bond donors (Lipinski definition) is 4. The summed E-state index contributed by atoms with van der Waals surface area (Å²) in [6, 6.07) is 15.5. The molecular formula is C21H25NO7. The summed E-state index contributed by atoms with van der Waals surface area (Å²) >= 11 is 0. The van der Waals surface area contributed by atoms with Crippen LogP contribution in [0, 0.1) is 0 Å². The van der Waals surface area contributed by atoms with E-state index < -0.39 is 43.2 Å². The molecule has 1 aliphatic rings. The van der Waals surface area contributed by atoms with Crippen LogP contribution in [-0.4, -0.2) is 75.6 Å². The molecule has 1 amide bonds. The van der Waals surface area contributed by atoms with Crippen molar-refractivity contribution < 1.29 is 34.7 Å². The lowest BCUT2D eigenvalue weighted by Gasteiger charge is -2.44. The van der Waals surface area contributed by atoms with Gasteiger partial charge in [0.25, 0.3) is 5.91 Å². The highest BCUT2D eigenvalue weighted by atomic mass is 16.6. The van der Waals surface area contributed by atoms with Crippen molar-refractivity contribution in [1.82, 2.24) is 4.90 Å². The Morgan fingerprint density at radius 2 is 1.66 bits per heavy atom. The Morgan fingerprint density at radius 1 is 1.00 bits per heavy atom. The van der Waals surface area contributed by atoms with Gasteiger partial charge in [-0.1, -0.05) is 30.3 Å². The van der Waals surface area contributed by atoms with Crippen LogP contribution in [0.15, 0.2) is 54.6 Å². The fourth-order valence-corrected chi connectivity index (χ4v) is 3.29. The largest absolute Gasteiger partial charge is 0.497 e. The highest BCUT2D eigenvalue weighted by Crippen LogP contribution is 2.27. The normalized spacial score (nSPS) is 26.7. The van der Waals surface area contributed by atoms with Gasteiger partial charge in [-0.15, -0.1) is 0 Å². The predicted molar refractivity (Wildman–Crippen MR) is 103 cm³/mol. The van der Waals surface area contributed by atoms with Gasteiger partial charge in [-0.2, -0.15) is 0 Å². The fraction of sp³-hybridized carbons (Fsp3) is 0.381. The van der Waals surface area contributed by atoms with E-state index in [1.807, 2.05) is 0 Å². The van der Waals surface area contributed by atoms with Gasteiger partial charge < -0.3 is 34.8 Å². The van der Waals surface area contributed by atoms with E-state index in [4.69, 9.17) is 9.47 Å². The van der Waals surface area contributed by atoms with E-state index in [2.05, 4.69) is 0 Å². The number of carbonyl (C=O) groups is 1. The second kappa shape index (κ2) is 9.34. The second-order valence-corrected chi connectivity index (χ2v) is 6.87. The molecule has 29 heavy (non-hydrogen) atoms. The van der Waals surface area contributed by atoms with E-state index >= 15 is 0 Å². The SMILES string of the molecule is COc1ccc(CN(C(=O)c2ccccc2)[C@@H]2O[C@H](CO)[C@H](O)[C@H](O)[C@H]2O)cc1. The summed E-state index contributed by atoms with van der Waals surface area (Å²) in [5.74, 6) is 0.230. The van der Waals surface area contributed by atoms with Crippen molar-refractivity contribution in [3.8, 4) is 5.75 Å². The van der Waals surface area contributed by atoms with Crippen LogP contribution in [0.2, 0.25) is 0 Å². The van der Waals surface area contributed by atoms with Crippen LogP contribution < -0.4 is 4.74 Å². The van der Waals surface area contributed by atoms with Gasteiger partial charge >= 0.3 is 0 Å². The molecule has 5 atom stereocenters. The van der Waals surface area contributed by atoms with Crippen molar-refractivity contribution in [3.63, 3.8) is 0 Å². The molecule has 4 N–H and O–H groups in total. The lowest BCUT2D eigenvalue weighted by atomic mass is 9.97. The molecule has 3 rings (SSSR count). The van der Waals surface area contributed by atoms with Crippen molar-refractivity contribution in [2.24, 2.45) is 0 Å². The Bertz CT molecular complexity index is 796.